The van der Waals surface area contributed by atoms with Crippen molar-refractivity contribution in [3.8, 4) is 23.0 Å². The summed E-state index contributed by atoms with van der Waals surface area (Å²) in [5, 5.41) is 10.9. The lowest BCUT2D eigenvalue weighted by molar-refractivity contribution is -0.122. The third-order valence-corrected chi connectivity index (χ3v) is 4.08. The lowest BCUT2D eigenvalue weighted by Gasteiger charge is -2.07. The second-order valence-corrected chi connectivity index (χ2v) is 6.14. The maximum Gasteiger partial charge on any atom is 0.278 e. The van der Waals surface area contributed by atoms with Gasteiger partial charge in [-0.05, 0) is 23.8 Å². The van der Waals surface area contributed by atoms with Crippen LogP contribution in [-0.2, 0) is 17.9 Å². The normalized spacial score (nSPS) is 10.6. The number of amides is 1. The molecule has 4 aromatic rings. The van der Waals surface area contributed by atoms with Crippen LogP contribution in [0.1, 0.15) is 5.56 Å². The lowest BCUT2D eigenvalue weighted by Crippen LogP contribution is -2.33. The number of carbonyl (C=O) groups is 1. The first-order valence-corrected chi connectivity index (χ1v) is 8.82. The number of hydrogen-bond acceptors (Lipinski definition) is 7. The Bertz CT molecular complexity index is 1170. The van der Waals surface area contributed by atoms with Crippen LogP contribution in [0.3, 0.4) is 0 Å². The highest BCUT2D eigenvalue weighted by Gasteiger charge is 2.14. The van der Waals surface area contributed by atoms with E-state index in [2.05, 4.69) is 25.5 Å². The highest BCUT2D eigenvalue weighted by Crippen LogP contribution is 2.19. The summed E-state index contributed by atoms with van der Waals surface area (Å²) in [6.45, 7) is 0.151. The van der Waals surface area contributed by atoms with Crippen molar-refractivity contribution in [2.24, 2.45) is 0 Å². The van der Waals surface area contributed by atoms with Crippen LogP contribution < -0.4 is 10.9 Å². The molecule has 4 rings (SSSR count). The van der Waals surface area contributed by atoms with Crippen LogP contribution in [0.15, 0.2) is 76.3 Å². The Labute approximate surface area is 165 Å². The second kappa shape index (κ2) is 8.26. The minimum absolute atomic E-state index is 0.148. The van der Waals surface area contributed by atoms with Gasteiger partial charge in [0, 0.05) is 30.6 Å². The van der Waals surface area contributed by atoms with E-state index in [0.717, 1.165) is 15.8 Å². The van der Waals surface area contributed by atoms with Gasteiger partial charge < -0.3 is 9.84 Å². The van der Waals surface area contributed by atoms with Crippen LogP contribution in [0.4, 0.5) is 0 Å². The Kier molecular flexibility index (Phi) is 5.19. The fourth-order valence-electron chi connectivity index (χ4n) is 2.61. The van der Waals surface area contributed by atoms with Gasteiger partial charge in [-0.2, -0.15) is 10.1 Å². The van der Waals surface area contributed by atoms with Crippen molar-refractivity contribution in [2.45, 2.75) is 13.1 Å². The Morgan fingerprint density at radius 1 is 1.03 bits per heavy atom. The summed E-state index contributed by atoms with van der Waals surface area (Å²) in [5.74, 6) is 0.196. The van der Waals surface area contributed by atoms with Crippen molar-refractivity contribution in [3.63, 3.8) is 0 Å². The zero-order valence-electron chi connectivity index (χ0n) is 15.2. The minimum atomic E-state index is -0.405. The average molecular weight is 388 g/mol. The maximum absolute atomic E-state index is 12.2. The summed E-state index contributed by atoms with van der Waals surface area (Å²) in [4.78, 5) is 32.5. The molecule has 0 saturated heterocycles. The van der Waals surface area contributed by atoms with E-state index in [4.69, 9.17) is 4.52 Å². The van der Waals surface area contributed by atoms with E-state index in [-0.39, 0.29) is 18.3 Å². The van der Waals surface area contributed by atoms with Crippen molar-refractivity contribution in [2.75, 3.05) is 0 Å². The zero-order valence-corrected chi connectivity index (χ0v) is 15.2. The van der Waals surface area contributed by atoms with E-state index < -0.39 is 5.56 Å². The Morgan fingerprint density at radius 3 is 2.62 bits per heavy atom. The quantitative estimate of drug-likeness (QED) is 0.534. The van der Waals surface area contributed by atoms with Gasteiger partial charge in [-0.25, -0.2) is 4.68 Å². The Hall–Kier alpha value is -4.14. The Balaban J connectivity index is 1.48. The van der Waals surface area contributed by atoms with Crippen LogP contribution in [0.5, 0.6) is 0 Å². The summed E-state index contributed by atoms with van der Waals surface area (Å²) < 4.78 is 6.31. The monoisotopic (exact) mass is 388 g/mol. The third kappa shape index (κ3) is 4.41. The number of carbonyl (C=O) groups excluding carboxylic acids is 1. The molecule has 1 N–H and O–H groups in total. The molecule has 144 valence electrons. The summed E-state index contributed by atoms with van der Waals surface area (Å²) in [6, 6.07) is 15.8. The van der Waals surface area contributed by atoms with Crippen molar-refractivity contribution in [1.82, 2.24) is 30.2 Å². The molecule has 3 heterocycles. The number of nitrogens with one attached hydrogen (secondary N) is 1. The molecule has 1 amide bonds. The number of nitrogens with zero attached hydrogens (tertiary/aromatic N) is 5. The maximum atomic E-state index is 12.2. The van der Waals surface area contributed by atoms with Gasteiger partial charge in [-0.15, -0.1) is 0 Å². The fourth-order valence-corrected chi connectivity index (χ4v) is 2.61. The molecule has 0 saturated carbocycles. The predicted octanol–water partition coefficient (Wildman–Crippen LogP) is 1.67. The van der Waals surface area contributed by atoms with E-state index in [0.29, 0.717) is 18.1 Å². The largest absolute Gasteiger partial charge is 0.350 e. The minimum Gasteiger partial charge on any atom is -0.350 e. The topological polar surface area (TPSA) is 116 Å². The van der Waals surface area contributed by atoms with Crippen LogP contribution in [0, 0.1) is 0 Å². The average Bonchev–Trinajstić information content (AvgIpc) is 3.26. The third-order valence-electron chi connectivity index (χ3n) is 4.08. The summed E-state index contributed by atoms with van der Waals surface area (Å²) in [5.41, 5.74) is 1.60. The van der Waals surface area contributed by atoms with E-state index in [9.17, 15) is 9.59 Å². The van der Waals surface area contributed by atoms with Gasteiger partial charge in [0.25, 0.3) is 11.4 Å². The number of benzene rings is 1. The van der Waals surface area contributed by atoms with Gasteiger partial charge in [0.1, 0.15) is 12.2 Å². The van der Waals surface area contributed by atoms with Crippen LogP contribution in [0.2, 0.25) is 0 Å². The van der Waals surface area contributed by atoms with Gasteiger partial charge in [0.2, 0.25) is 11.7 Å². The van der Waals surface area contributed by atoms with E-state index in [1.807, 2.05) is 30.3 Å². The van der Waals surface area contributed by atoms with E-state index in [1.165, 1.54) is 12.1 Å². The molecule has 29 heavy (non-hydrogen) atoms. The molecule has 0 unspecified atom stereocenters. The van der Waals surface area contributed by atoms with Gasteiger partial charge >= 0.3 is 0 Å². The van der Waals surface area contributed by atoms with Crippen molar-refractivity contribution >= 4 is 5.91 Å². The van der Waals surface area contributed by atoms with Gasteiger partial charge in [-0.1, -0.05) is 35.5 Å². The standard InChI is InChI=1S/C20H16N6O3/c27-17(22-12-14-4-2-1-3-5-14)13-26-18(28)7-6-16(24-26)20-23-19(25-29-20)15-8-10-21-11-9-15/h1-11H,12-13H2,(H,22,27). The molecule has 0 radical (unpaired) electrons. The second-order valence-electron chi connectivity index (χ2n) is 6.14. The molecule has 0 aliphatic rings. The lowest BCUT2D eigenvalue weighted by atomic mass is 10.2. The first-order valence-electron chi connectivity index (χ1n) is 8.82. The fraction of sp³-hybridized carbons (Fsp3) is 0.100. The molecular weight excluding hydrogens is 372 g/mol. The van der Waals surface area contributed by atoms with E-state index >= 15 is 0 Å². The van der Waals surface area contributed by atoms with Gasteiger partial charge in [-0.3, -0.25) is 14.6 Å². The molecule has 3 aromatic heterocycles. The molecule has 1 aromatic carbocycles. The summed E-state index contributed by atoms with van der Waals surface area (Å²) in [6.07, 6.45) is 3.25. The number of pyridine rings is 1. The molecule has 0 spiro atoms. The van der Waals surface area contributed by atoms with Crippen LogP contribution in [0.25, 0.3) is 23.0 Å². The zero-order chi connectivity index (χ0) is 20.1. The van der Waals surface area contributed by atoms with Gasteiger partial charge in [0.15, 0.2) is 0 Å². The molecule has 0 aliphatic carbocycles. The van der Waals surface area contributed by atoms with Crippen molar-refractivity contribution in [1.29, 1.82) is 0 Å². The molecule has 0 fully saturated rings. The van der Waals surface area contributed by atoms with Crippen molar-refractivity contribution < 1.29 is 9.32 Å². The molecular formula is C20H16N6O3. The molecule has 0 atom stereocenters. The van der Waals surface area contributed by atoms with Crippen LogP contribution >= 0.6 is 0 Å². The Morgan fingerprint density at radius 2 is 1.83 bits per heavy atom. The highest BCUT2D eigenvalue weighted by atomic mass is 16.5. The molecule has 0 aliphatic heterocycles. The van der Waals surface area contributed by atoms with Gasteiger partial charge in [0.05, 0.1) is 0 Å². The molecule has 9 nitrogen and oxygen atoms in total. The number of hydrogen-bond donors (Lipinski definition) is 1. The predicted molar refractivity (Wildman–Crippen MR) is 103 cm³/mol. The number of aromatic nitrogens is 5. The SMILES string of the molecule is O=C(Cn1nc(-c2nc(-c3ccncc3)no2)ccc1=O)NCc1ccccc1. The molecule has 0 bridgehead atoms. The first-order chi connectivity index (χ1) is 14.2. The highest BCUT2D eigenvalue weighted by molar-refractivity contribution is 5.75. The van der Waals surface area contributed by atoms with Crippen LogP contribution in [-0.4, -0.2) is 30.8 Å². The first kappa shape index (κ1) is 18.2. The smallest absolute Gasteiger partial charge is 0.278 e. The number of rotatable bonds is 6. The molecule has 9 heteroatoms. The van der Waals surface area contributed by atoms with Crippen molar-refractivity contribution in [3.05, 3.63) is 82.9 Å². The summed E-state index contributed by atoms with van der Waals surface area (Å²) in [7, 11) is 0. The summed E-state index contributed by atoms with van der Waals surface area (Å²) >= 11 is 0. The van der Waals surface area contributed by atoms with E-state index in [1.54, 1.807) is 24.5 Å².